The maximum absolute atomic E-state index is 13.2. The third-order valence-electron chi connectivity index (χ3n) is 6.55. The van der Waals surface area contributed by atoms with Crippen molar-refractivity contribution in [1.29, 1.82) is 5.41 Å². The summed E-state index contributed by atoms with van der Waals surface area (Å²) in [5.74, 6) is -0.0794. The van der Waals surface area contributed by atoms with Crippen LogP contribution in [-0.2, 0) is 16.8 Å². The molecule has 1 saturated heterocycles. The van der Waals surface area contributed by atoms with E-state index in [0.717, 1.165) is 5.56 Å². The van der Waals surface area contributed by atoms with E-state index in [1.165, 1.54) is 27.4 Å². The minimum absolute atomic E-state index is 0.0253. The number of nitrogens with one attached hydrogen (secondary N) is 2. The van der Waals surface area contributed by atoms with E-state index < -0.39 is 21.5 Å². The highest BCUT2D eigenvalue weighted by atomic mass is 32.2. The lowest BCUT2D eigenvalue weighted by Gasteiger charge is -2.36. The third kappa shape index (κ3) is 5.75. The number of aliphatic hydroxyl groups excluding tert-OH is 1. The molecule has 0 spiro atoms. The Morgan fingerprint density at radius 2 is 1.94 bits per heavy atom. The molecule has 1 fully saturated rings. The molecule has 2 unspecified atom stereocenters. The molecule has 198 valence electrons. The molecule has 2 atom stereocenters. The number of rotatable bonds is 9. The van der Waals surface area contributed by atoms with E-state index in [1.807, 2.05) is 19.1 Å². The van der Waals surface area contributed by atoms with Crippen LogP contribution in [0.25, 0.3) is 0 Å². The highest BCUT2D eigenvalue weighted by Gasteiger charge is 2.38. The molecule has 2 heterocycles. The molecule has 13 heteroatoms. The predicted molar refractivity (Wildman–Crippen MR) is 137 cm³/mol. The van der Waals surface area contributed by atoms with Crippen LogP contribution in [0.15, 0.2) is 24.3 Å². The third-order valence-corrected chi connectivity index (χ3v) is 8.45. The van der Waals surface area contributed by atoms with Crippen molar-refractivity contribution in [1.82, 2.24) is 23.4 Å². The van der Waals surface area contributed by atoms with Crippen LogP contribution in [0.4, 0.5) is 5.95 Å². The molecule has 1 aromatic heterocycles. The van der Waals surface area contributed by atoms with Gasteiger partial charge >= 0.3 is 0 Å². The van der Waals surface area contributed by atoms with Gasteiger partial charge in [0, 0.05) is 45.2 Å². The highest BCUT2D eigenvalue weighted by Crippen LogP contribution is 2.33. The van der Waals surface area contributed by atoms with Crippen molar-refractivity contribution in [3.63, 3.8) is 0 Å². The number of piperidine rings is 1. The molecule has 36 heavy (non-hydrogen) atoms. The number of anilines is 1. The summed E-state index contributed by atoms with van der Waals surface area (Å²) in [6.07, 6.45) is 0.633. The van der Waals surface area contributed by atoms with Gasteiger partial charge in [0.25, 0.3) is 16.1 Å². The molecule has 1 aliphatic heterocycles. The number of nitrogens with two attached hydrogens (primary N) is 1. The summed E-state index contributed by atoms with van der Waals surface area (Å²) in [5, 5.41) is 24.9. The zero-order valence-corrected chi connectivity index (χ0v) is 22.2. The standard InChI is InChI=1S/C23H36N8O4S/c1-15-10-11-30(36(34,35)29(4)5)13-18(15)20-27-22(31(28-20)21(33)23(2,3)14-32)26-12-16-6-8-17(9-7-16)19(24)25/h6-9,15,18,32H,10-14H2,1-5H3,(H3,24,25)(H,26,27,28). The van der Waals surface area contributed by atoms with Crippen LogP contribution in [-0.4, -0.2) is 82.4 Å². The Morgan fingerprint density at radius 3 is 2.50 bits per heavy atom. The summed E-state index contributed by atoms with van der Waals surface area (Å²) in [4.78, 5) is 17.9. The number of aromatic nitrogens is 3. The number of nitrogen functional groups attached to an aromatic ring is 1. The van der Waals surface area contributed by atoms with Crippen molar-refractivity contribution >= 4 is 27.9 Å². The minimum Gasteiger partial charge on any atom is -0.395 e. The first-order valence-corrected chi connectivity index (χ1v) is 13.1. The van der Waals surface area contributed by atoms with E-state index in [9.17, 15) is 18.3 Å². The van der Waals surface area contributed by atoms with Crippen LogP contribution < -0.4 is 11.1 Å². The predicted octanol–water partition coefficient (Wildman–Crippen LogP) is 1.06. The van der Waals surface area contributed by atoms with Crippen LogP contribution in [0.5, 0.6) is 0 Å². The van der Waals surface area contributed by atoms with Gasteiger partial charge in [-0.05, 0) is 31.7 Å². The van der Waals surface area contributed by atoms with Gasteiger partial charge in [-0.3, -0.25) is 10.2 Å². The summed E-state index contributed by atoms with van der Waals surface area (Å²) >= 11 is 0. The maximum Gasteiger partial charge on any atom is 0.281 e. The van der Waals surface area contributed by atoms with Crippen molar-refractivity contribution < 1.29 is 18.3 Å². The average Bonchev–Trinajstić information content (AvgIpc) is 3.26. The van der Waals surface area contributed by atoms with Gasteiger partial charge in [-0.2, -0.15) is 26.7 Å². The number of aliphatic hydroxyl groups is 1. The van der Waals surface area contributed by atoms with Crippen LogP contribution in [0.3, 0.4) is 0 Å². The summed E-state index contributed by atoms with van der Waals surface area (Å²) in [5.41, 5.74) is 5.90. The molecular formula is C23H36N8O4S. The number of carbonyl (C=O) groups is 1. The van der Waals surface area contributed by atoms with Crippen molar-refractivity contribution in [3.05, 3.63) is 41.2 Å². The van der Waals surface area contributed by atoms with Gasteiger partial charge in [-0.15, -0.1) is 5.10 Å². The Bertz CT molecular complexity index is 1210. The molecule has 0 radical (unpaired) electrons. The van der Waals surface area contributed by atoms with Crippen molar-refractivity contribution in [2.45, 2.75) is 39.7 Å². The zero-order chi connectivity index (χ0) is 26.8. The fourth-order valence-electron chi connectivity index (χ4n) is 3.89. The fraction of sp³-hybridized carbons (Fsp3) is 0.565. The molecule has 0 saturated carbocycles. The van der Waals surface area contributed by atoms with E-state index in [2.05, 4.69) is 15.4 Å². The number of amidine groups is 1. The van der Waals surface area contributed by atoms with E-state index in [-0.39, 0.29) is 36.8 Å². The number of benzene rings is 1. The smallest absolute Gasteiger partial charge is 0.281 e. The van der Waals surface area contributed by atoms with Crippen LogP contribution in [0, 0.1) is 16.7 Å². The largest absolute Gasteiger partial charge is 0.395 e. The van der Waals surface area contributed by atoms with E-state index >= 15 is 0 Å². The second kappa shape index (κ2) is 10.6. The van der Waals surface area contributed by atoms with Crippen molar-refractivity contribution in [3.8, 4) is 0 Å². The Kier molecular flexibility index (Phi) is 8.18. The van der Waals surface area contributed by atoms with Gasteiger partial charge in [0.15, 0.2) is 5.82 Å². The number of hydrogen-bond acceptors (Lipinski definition) is 8. The van der Waals surface area contributed by atoms with Crippen molar-refractivity contribution in [2.24, 2.45) is 17.1 Å². The lowest BCUT2D eigenvalue weighted by atomic mass is 9.87. The van der Waals surface area contributed by atoms with Crippen molar-refractivity contribution in [2.75, 3.05) is 39.1 Å². The number of nitrogens with zero attached hydrogens (tertiary/aromatic N) is 5. The lowest BCUT2D eigenvalue weighted by Crippen LogP contribution is -2.47. The van der Waals surface area contributed by atoms with E-state index in [1.54, 1.807) is 26.0 Å². The zero-order valence-electron chi connectivity index (χ0n) is 21.4. The quantitative estimate of drug-likeness (QED) is 0.281. The topological polar surface area (TPSA) is 171 Å². The highest BCUT2D eigenvalue weighted by molar-refractivity contribution is 7.86. The van der Waals surface area contributed by atoms with Crippen LogP contribution >= 0.6 is 0 Å². The van der Waals surface area contributed by atoms with Crippen LogP contribution in [0.2, 0.25) is 0 Å². The minimum atomic E-state index is -3.60. The Labute approximate surface area is 212 Å². The second-order valence-electron chi connectivity index (χ2n) is 10.0. The van der Waals surface area contributed by atoms with Gasteiger partial charge in [-0.25, -0.2) is 0 Å². The molecule has 3 rings (SSSR count). The van der Waals surface area contributed by atoms with E-state index in [0.29, 0.717) is 30.9 Å². The molecule has 0 aliphatic carbocycles. The first-order valence-electron chi connectivity index (χ1n) is 11.8. The molecule has 0 amide bonds. The molecule has 0 bridgehead atoms. The molecular weight excluding hydrogens is 484 g/mol. The Hall–Kier alpha value is -2.87. The number of carbonyl (C=O) groups excluding carboxylic acids is 1. The normalized spacial score (nSPS) is 19.4. The first-order chi connectivity index (χ1) is 16.8. The maximum atomic E-state index is 13.2. The Balaban J connectivity index is 1.93. The van der Waals surface area contributed by atoms with Gasteiger partial charge < -0.3 is 16.2 Å². The lowest BCUT2D eigenvalue weighted by molar-refractivity contribution is 0.0614. The first kappa shape index (κ1) is 27.7. The summed E-state index contributed by atoms with van der Waals surface area (Å²) < 4.78 is 29.2. The molecule has 1 aliphatic rings. The summed E-state index contributed by atoms with van der Waals surface area (Å²) in [6, 6.07) is 7.11. The summed E-state index contributed by atoms with van der Waals surface area (Å²) in [7, 11) is -0.610. The summed E-state index contributed by atoms with van der Waals surface area (Å²) in [6.45, 7) is 5.82. The van der Waals surface area contributed by atoms with Gasteiger partial charge in [0.05, 0.1) is 12.0 Å². The Morgan fingerprint density at radius 1 is 1.31 bits per heavy atom. The molecule has 1 aromatic carbocycles. The molecule has 5 N–H and O–H groups in total. The van der Waals surface area contributed by atoms with Crippen LogP contribution in [0.1, 0.15) is 54.9 Å². The second-order valence-corrected chi connectivity index (χ2v) is 12.2. The average molecular weight is 521 g/mol. The van der Waals surface area contributed by atoms with Gasteiger partial charge in [-0.1, -0.05) is 31.2 Å². The van der Waals surface area contributed by atoms with Gasteiger partial charge in [0.2, 0.25) is 5.95 Å². The van der Waals surface area contributed by atoms with Gasteiger partial charge in [0.1, 0.15) is 5.84 Å². The molecule has 2 aromatic rings. The SMILES string of the molecule is CC1CCN(S(=O)(=O)N(C)C)CC1c1nc(NCc2ccc(C(=N)N)cc2)n(C(=O)C(C)(C)CO)n1. The molecule has 12 nitrogen and oxygen atoms in total. The number of hydrogen-bond donors (Lipinski definition) is 4. The monoisotopic (exact) mass is 520 g/mol. The van der Waals surface area contributed by atoms with E-state index in [4.69, 9.17) is 11.1 Å². The fourth-order valence-corrected chi connectivity index (χ4v) is 5.04.